The van der Waals surface area contributed by atoms with Crippen LogP contribution in [0, 0.1) is 5.41 Å². The third-order valence-corrected chi connectivity index (χ3v) is 4.09. The molecule has 2 N–H and O–H groups in total. The highest BCUT2D eigenvalue weighted by molar-refractivity contribution is 6.35. The van der Waals surface area contributed by atoms with E-state index in [0.717, 1.165) is 30.0 Å². The summed E-state index contributed by atoms with van der Waals surface area (Å²) in [6, 6.07) is 9.45. The first kappa shape index (κ1) is 18.4. The molecule has 1 heterocycles. The van der Waals surface area contributed by atoms with Crippen molar-refractivity contribution >= 4 is 23.2 Å². The fourth-order valence-electron chi connectivity index (χ4n) is 3.15. The molecule has 0 saturated carbocycles. The first-order valence-corrected chi connectivity index (χ1v) is 8.69. The maximum atomic E-state index is 6.06. The van der Waals surface area contributed by atoms with Gasteiger partial charge in [0, 0.05) is 22.0 Å². The number of rotatable bonds is 5. The summed E-state index contributed by atoms with van der Waals surface area (Å²) in [6.45, 7) is 12.2. The van der Waals surface area contributed by atoms with E-state index < -0.39 is 0 Å². The minimum atomic E-state index is 0.171. The molecular weight excluding hydrogens is 329 g/mol. The van der Waals surface area contributed by atoms with E-state index in [4.69, 9.17) is 27.6 Å². The number of hydrogen-bond acceptors (Lipinski definition) is 1. The van der Waals surface area contributed by atoms with Crippen molar-refractivity contribution in [1.29, 1.82) is 0 Å². The van der Waals surface area contributed by atoms with E-state index >= 15 is 0 Å². The minimum Gasteiger partial charge on any atom is -0.455 e. The van der Waals surface area contributed by atoms with Gasteiger partial charge in [0.2, 0.25) is 0 Å². The molecule has 2 rings (SSSR count). The molecule has 2 aromatic rings. The second-order valence-corrected chi connectivity index (χ2v) is 8.93. The molecule has 1 aromatic heterocycles. The van der Waals surface area contributed by atoms with Gasteiger partial charge in [-0.15, -0.1) is 0 Å². The number of halogens is 2. The lowest BCUT2D eigenvalue weighted by Gasteiger charge is -2.30. The topological polar surface area (TPSA) is 29.8 Å². The zero-order valence-electron chi connectivity index (χ0n) is 14.5. The van der Waals surface area contributed by atoms with Crippen molar-refractivity contribution in [3.63, 3.8) is 0 Å². The van der Waals surface area contributed by atoms with E-state index in [2.05, 4.69) is 39.9 Å². The van der Waals surface area contributed by atoms with Crippen LogP contribution in [0.25, 0.3) is 11.3 Å². The van der Waals surface area contributed by atoms with Gasteiger partial charge in [0.25, 0.3) is 0 Å². The quantitative estimate of drug-likeness (QED) is 0.751. The van der Waals surface area contributed by atoms with Gasteiger partial charge < -0.3 is 9.73 Å². The lowest BCUT2D eigenvalue weighted by molar-refractivity contribution is -0.738. The Balaban J connectivity index is 2.05. The molecule has 0 unspecified atom stereocenters. The Bertz CT molecular complexity index is 648. The van der Waals surface area contributed by atoms with Crippen LogP contribution in [0.1, 0.15) is 46.8 Å². The standard InChI is InChI=1S/C19H25Cl2NO/c1-18(2,3)12-19(4,5)22-11-16-6-7-17(23-16)13-8-14(20)10-15(21)9-13/h6-10,22H,11-12H2,1-5H3/p+1. The first-order valence-electron chi connectivity index (χ1n) is 7.94. The molecule has 0 spiro atoms. The predicted molar refractivity (Wildman–Crippen MR) is 97.9 cm³/mol. The number of nitrogens with two attached hydrogens (primary N) is 1. The average Bonchev–Trinajstić information content (AvgIpc) is 2.81. The summed E-state index contributed by atoms with van der Waals surface area (Å²) < 4.78 is 5.96. The maximum absolute atomic E-state index is 6.06. The lowest BCUT2D eigenvalue weighted by Crippen LogP contribution is -2.94. The van der Waals surface area contributed by atoms with Crippen molar-refractivity contribution in [2.24, 2.45) is 5.41 Å². The Morgan fingerprint density at radius 2 is 1.57 bits per heavy atom. The molecule has 0 aliphatic heterocycles. The van der Waals surface area contributed by atoms with Gasteiger partial charge in [-0.25, -0.2) is 0 Å². The largest absolute Gasteiger partial charge is 0.455 e. The summed E-state index contributed by atoms with van der Waals surface area (Å²) in [5.74, 6) is 1.75. The molecule has 23 heavy (non-hydrogen) atoms. The molecule has 0 radical (unpaired) electrons. The van der Waals surface area contributed by atoms with Crippen molar-refractivity contribution < 1.29 is 9.73 Å². The predicted octanol–water partition coefficient (Wildman–Crippen LogP) is 5.53. The van der Waals surface area contributed by atoms with Crippen molar-refractivity contribution in [2.45, 2.75) is 53.1 Å². The first-order chi connectivity index (χ1) is 10.5. The molecule has 0 atom stereocenters. The van der Waals surface area contributed by atoms with Crippen molar-refractivity contribution in [2.75, 3.05) is 0 Å². The highest BCUT2D eigenvalue weighted by Crippen LogP contribution is 2.29. The number of hydrogen-bond donors (Lipinski definition) is 1. The van der Waals surface area contributed by atoms with Gasteiger partial charge in [0.15, 0.2) is 5.76 Å². The van der Waals surface area contributed by atoms with E-state index in [1.54, 1.807) is 6.07 Å². The average molecular weight is 355 g/mol. The van der Waals surface area contributed by atoms with Crippen LogP contribution < -0.4 is 5.32 Å². The highest BCUT2D eigenvalue weighted by Gasteiger charge is 2.28. The highest BCUT2D eigenvalue weighted by atomic mass is 35.5. The van der Waals surface area contributed by atoms with Crippen LogP contribution in [0.4, 0.5) is 0 Å². The molecule has 1 aromatic carbocycles. The van der Waals surface area contributed by atoms with Gasteiger partial charge in [0.1, 0.15) is 12.3 Å². The molecular formula is C19H26Cl2NO+. The molecule has 4 heteroatoms. The summed E-state index contributed by atoms with van der Waals surface area (Å²) >= 11 is 12.1. The van der Waals surface area contributed by atoms with E-state index in [1.165, 1.54) is 0 Å². The Kier molecular flexibility index (Phi) is 5.50. The fraction of sp³-hybridized carbons (Fsp3) is 0.474. The van der Waals surface area contributed by atoms with Gasteiger partial charge in [-0.3, -0.25) is 0 Å². The molecule has 0 bridgehead atoms. The lowest BCUT2D eigenvalue weighted by atomic mass is 9.82. The summed E-state index contributed by atoms with van der Waals surface area (Å²) in [6.07, 6.45) is 1.14. The van der Waals surface area contributed by atoms with E-state index in [-0.39, 0.29) is 5.54 Å². The van der Waals surface area contributed by atoms with Crippen LogP contribution in [-0.2, 0) is 6.54 Å². The van der Waals surface area contributed by atoms with Crippen LogP contribution >= 0.6 is 23.2 Å². The van der Waals surface area contributed by atoms with Gasteiger partial charge in [0.05, 0.1) is 5.54 Å². The summed E-state index contributed by atoms with van der Waals surface area (Å²) in [5, 5.41) is 3.57. The minimum absolute atomic E-state index is 0.171. The zero-order valence-corrected chi connectivity index (χ0v) is 16.1. The molecule has 0 aliphatic carbocycles. The van der Waals surface area contributed by atoms with Crippen LogP contribution in [0.15, 0.2) is 34.7 Å². The molecule has 0 aliphatic rings. The number of benzene rings is 1. The van der Waals surface area contributed by atoms with Gasteiger partial charge >= 0.3 is 0 Å². The van der Waals surface area contributed by atoms with E-state index in [9.17, 15) is 0 Å². The summed E-state index contributed by atoms with van der Waals surface area (Å²) in [5.41, 5.74) is 1.39. The SMILES string of the molecule is CC(C)(C)CC(C)(C)[NH2+]Cc1ccc(-c2cc(Cl)cc(Cl)c2)o1. The van der Waals surface area contributed by atoms with Crippen LogP contribution in [0.3, 0.4) is 0 Å². The fourth-order valence-corrected chi connectivity index (χ4v) is 3.68. The van der Waals surface area contributed by atoms with Crippen molar-refractivity contribution in [1.82, 2.24) is 0 Å². The van der Waals surface area contributed by atoms with E-state index in [0.29, 0.717) is 15.5 Å². The summed E-state index contributed by atoms with van der Waals surface area (Å²) in [4.78, 5) is 0. The van der Waals surface area contributed by atoms with Gasteiger partial charge in [-0.05, 0) is 49.6 Å². The molecule has 2 nitrogen and oxygen atoms in total. The van der Waals surface area contributed by atoms with Crippen LogP contribution in [0.5, 0.6) is 0 Å². The Hall–Kier alpha value is -0.960. The number of quaternary nitrogens is 1. The van der Waals surface area contributed by atoms with E-state index in [1.807, 2.05) is 24.3 Å². The van der Waals surface area contributed by atoms with Crippen molar-refractivity contribution in [3.05, 3.63) is 46.1 Å². The molecule has 126 valence electrons. The Labute approximate surface area is 149 Å². The molecule has 0 saturated heterocycles. The normalized spacial score (nSPS) is 12.7. The molecule has 0 amide bonds. The Morgan fingerprint density at radius 1 is 0.957 bits per heavy atom. The van der Waals surface area contributed by atoms with Crippen LogP contribution in [-0.4, -0.2) is 5.54 Å². The van der Waals surface area contributed by atoms with Crippen LogP contribution in [0.2, 0.25) is 10.0 Å². The van der Waals surface area contributed by atoms with Crippen molar-refractivity contribution in [3.8, 4) is 11.3 Å². The Morgan fingerprint density at radius 3 is 2.13 bits per heavy atom. The zero-order chi connectivity index (χ0) is 17.3. The smallest absolute Gasteiger partial charge is 0.158 e. The second-order valence-electron chi connectivity index (χ2n) is 8.06. The second kappa shape index (κ2) is 6.88. The summed E-state index contributed by atoms with van der Waals surface area (Å²) in [7, 11) is 0. The van der Waals surface area contributed by atoms with Gasteiger partial charge in [-0.2, -0.15) is 0 Å². The monoisotopic (exact) mass is 354 g/mol. The third-order valence-electron chi connectivity index (χ3n) is 3.65. The maximum Gasteiger partial charge on any atom is 0.158 e. The number of furan rings is 1. The molecule has 0 fully saturated rings. The third kappa shape index (κ3) is 5.87. The van der Waals surface area contributed by atoms with Gasteiger partial charge in [-0.1, -0.05) is 44.0 Å².